The van der Waals surface area contributed by atoms with Crippen molar-refractivity contribution in [2.75, 3.05) is 20.6 Å². The summed E-state index contributed by atoms with van der Waals surface area (Å²) < 4.78 is 0.743. The van der Waals surface area contributed by atoms with Gasteiger partial charge >= 0.3 is 0 Å². The number of amides is 1. The summed E-state index contributed by atoms with van der Waals surface area (Å²) in [5, 5.41) is 3.64. The highest BCUT2D eigenvalue weighted by Crippen LogP contribution is 2.35. The van der Waals surface area contributed by atoms with Crippen LogP contribution >= 0.6 is 27.5 Å². The van der Waals surface area contributed by atoms with E-state index in [1.807, 2.05) is 0 Å². The van der Waals surface area contributed by atoms with Gasteiger partial charge in [0.2, 0.25) is 0 Å². The van der Waals surface area contributed by atoms with E-state index in [1.165, 1.54) is 6.42 Å². The highest BCUT2D eigenvalue weighted by molar-refractivity contribution is 9.10. The Hall–Kier alpha value is -0.580. The summed E-state index contributed by atoms with van der Waals surface area (Å²) >= 11 is 9.26. The fourth-order valence-corrected chi connectivity index (χ4v) is 2.85. The molecular formula is C14H18BrClN2O. The van der Waals surface area contributed by atoms with Crippen molar-refractivity contribution in [2.45, 2.75) is 24.8 Å². The van der Waals surface area contributed by atoms with E-state index >= 15 is 0 Å². The van der Waals surface area contributed by atoms with Gasteiger partial charge in [-0.3, -0.25) is 4.79 Å². The molecule has 1 aromatic rings. The van der Waals surface area contributed by atoms with Crippen LogP contribution in [-0.4, -0.2) is 37.0 Å². The van der Waals surface area contributed by atoms with E-state index in [0.717, 1.165) is 17.3 Å². The Morgan fingerprint density at radius 3 is 2.63 bits per heavy atom. The monoisotopic (exact) mass is 344 g/mol. The maximum Gasteiger partial charge on any atom is 0.251 e. The van der Waals surface area contributed by atoms with Gasteiger partial charge in [0.25, 0.3) is 5.91 Å². The van der Waals surface area contributed by atoms with Crippen molar-refractivity contribution in [1.29, 1.82) is 0 Å². The second-order valence-corrected chi connectivity index (χ2v) is 6.55. The fraction of sp³-hybridized carbons (Fsp3) is 0.500. The highest BCUT2D eigenvalue weighted by Gasteiger charge is 2.39. The van der Waals surface area contributed by atoms with Crippen LogP contribution in [0.15, 0.2) is 22.7 Å². The number of hydrogen-bond donors (Lipinski definition) is 1. The Bertz CT molecular complexity index is 486. The van der Waals surface area contributed by atoms with Crippen molar-refractivity contribution in [3.8, 4) is 0 Å². The zero-order valence-corrected chi connectivity index (χ0v) is 13.5. The summed E-state index contributed by atoms with van der Waals surface area (Å²) in [4.78, 5) is 14.3. The maximum absolute atomic E-state index is 12.1. The van der Waals surface area contributed by atoms with Gasteiger partial charge in [-0.1, -0.05) is 11.6 Å². The first-order valence-electron chi connectivity index (χ1n) is 6.35. The number of likely N-dealkylation sites (N-methyl/N-ethyl adjacent to an activating group) is 1. The van der Waals surface area contributed by atoms with Crippen LogP contribution in [0.4, 0.5) is 0 Å². The van der Waals surface area contributed by atoms with Crippen molar-refractivity contribution >= 4 is 33.4 Å². The average molecular weight is 346 g/mol. The Morgan fingerprint density at radius 2 is 2.16 bits per heavy atom. The smallest absolute Gasteiger partial charge is 0.251 e. The zero-order chi connectivity index (χ0) is 14.0. The van der Waals surface area contributed by atoms with Crippen LogP contribution in [0.2, 0.25) is 5.02 Å². The summed E-state index contributed by atoms with van der Waals surface area (Å²) in [6.45, 7) is 0.694. The van der Waals surface area contributed by atoms with Crippen LogP contribution in [0.5, 0.6) is 0 Å². The lowest BCUT2D eigenvalue weighted by Crippen LogP contribution is -2.57. The molecule has 0 heterocycles. The fourth-order valence-electron chi connectivity index (χ4n) is 2.35. The van der Waals surface area contributed by atoms with Crippen molar-refractivity contribution in [1.82, 2.24) is 10.2 Å². The molecule has 0 aliphatic heterocycles. The van der Waals surface area contributed by atoms with Crippen molar-refractivity contribution in [2.24, 2.45) is 0 Å². The predicted octanol–water partition coefficient (Wildman–Crippen LogP) is 3.32. The molecule has 1 N–H and O–H groups in total. The van der Waals surface area contributed by atoms with E-state index in [-0.39, 0.29) is 11.4 Å². The lowest BCUT2D eigenvalue weighted by molar-refractivity contribution is 0.0557. The predicted molar refractivity (Wildman–Crippen MR) is 81.8 cm³/mol. The van der Waals surface area contributed by atoms with E-state index in [2.05, 4.69) is 40.2 Å². The lowest BCUT2D eigenvalue weighted by Gasteiger charge is -2.47. The van der Waals surface area contributed by atoms with Crippen LogP contribution in [-0.2, 0) is 0 Å². The van der Waals surface area contributed by atoms with Gasteiger partial charge in [-0.05, 0) is 67.5 Å². The normalized spacial score (nSPS) is 17.1. The molecule has 0 atom stereocenters. The van der Waals surface area contributed by atoms with Crippen LogP contribution < -0.4 is 5.32 Å². The van der Waals surface area contributed by atoms with Crippen LogP contribution in [0.25, 0.3) is 0 Å². The lowest BCUT2D eigenvalue weighted by atomic mass is 9.75. The number of benzene rings is 1. The average Bonchev–Trinajstić information content (AvgIpc) is 2.30. The molecule has 3 nitrogen and oxygen atoms in total. The highest BCUT2D eigenvalue weighted by atomic mass is 79.9. The third-order valence-electron chi connectivity index (χ3n) is 3.99. The number of carbonyl (C=O) groups excluding carboxylic acids is 1. The SMILES string of the molecule is CN(C)C1(CNC(=O)c2ccc(Cl)c(Br)c2)CCC1. The molecular weight excluding hydrogens is 328 g/mol. The third kappa shape index (κ3) is 3.12. The molecule has 1 amide bonds. The first kappa shape index (κ1) is 14.8. The van der Waals surface area contributed by atoms with Gasteiger partial charge in [0.05, 0.1) is 5.02 Å². The van der Waals surface area contributed by atoms with Crippen LogP contribution in [0.3, 0.4) is 0 Å². The first-order valence-corrected chi connectivity index (χ1v) is 7.52. The van der Waals surface area contributed by atoms with E-state index in [4.69, 9.17) is 11.6 Å². The standard InChI is InChI=1S/C14H18BrClN2O/c1-18(2)14(6-3-7-14)9-17-13(19)10-4-5-12(16)11(15)8-10/h4-5,8H,3,6-7,9H2,1-2H3,(H,17,19). The molecule has 1 aromatic carbocycles. The molecule has 19 heavy (non-hydrogen) atoms. The topological polar surface area (TPSA) is 32.3 Å². The summed E-state index contributed by atoms with van der Waals surface area (Å²) in [6, 6.07) is 5.22. The van der Waals surface area contributed by atoms with Gasteiger partial charge in [0, 0.05) is 22.1 Å². The minimum absolute atomic E-state index is 0.0505. The molecule has 104 valence electrons. The molecule has 0 spiro atoms. The van der Waals surface area contributed by atoms with E-state index in [1.54, 1.807) is 18.2 Å². The van der Waals surface area contributed by atoms with Crippen LogP contribution in [0.1, 0.15) is 29.6 Å². The minimum Gasteiger partial charge on any atom is -0.350 e. The number of nitrogens with zero attached hydrogens (tertiary/aromatic N) is 1. The second kappa shape index (κ2) is 5.81. The number of halogens is 2. The molecule has 0 radical (unpaired) electrons. The largest absolute Gasteiger partial charge is 0.350 e. The first-order chi connectivity index (χ1) is 8.94. The molecule has 1 saturated carbocycles. The molecule has 1 aliphatic carbocycles. The van der Waals surface area contributed by atoms with E-state index in [0.29, 0.717) is 17.1 Å². The van der Waals surface area contributed by atoms with Crippen LogP contribution in [0, 0.1) is 0 Å². The molecule has 1 fully saturated rings. The number of hydrogen-bond acceptors (Lipinski definition) is 2. The molecule has 0 aromatic heterocycles. The maximum atomic E-state index is 12.1. The second-order valence-electron chi connectivity index (χ2n) is 5.28. The molecule has 0 bridgehead atoms. The summed E-state index contributed by atoms with van der Waals surface area (Å²) in [7, 11) is 4.15. The van der Waals surface area contributed by atoms with Gasteiger partial charge in [-0.25, -0.2) is 0 Å². The Kier molecular flexibility index (Phi) is 4.54. The molecule has 5 heteroatoms. The Balaban J connectivity index is 1.99. The minimum atomic E-state index is -0.0505. The molecule has 2 rings (SSSR count). The van der Waals surface area contributed by atoms with Crippen molar-refractivity contribution in [3.05, 3.63) is 33.3 Å². The van der Waals surface area contributed by atoms with Crippen molar-refractivity contribution in [3.63, 3.8) is 0 Å². The van der Waals surface area contributed by atoms with E-state index < -0.39 is 0 Å². The van der Waals surface area contributed by atoms with Gasteiger partial charge in [-0.2, -0.15) is 0 Å². The van der Waals surface area contributed by atoms with E-state index in [9.17, 15) is 4.79 Å². The Morgan fingerprint density at radius 1 is 1.47 bits per heavy atom. The summed E-state index contributed by atoms with van der Waals surface area (Å²) in [6.07, 6.45) is 3.52. The summed E-state index contributed by atoms with van der Waals surface area (Å²) in [5.74, 6) is -0.0505. The molecule has 0 unspecified atom stereocenters. The van der Waals surface area contributed by atoms with Gasteiger partial charge in [-0.15, -0.1) is 0 Å². The summed E-state index contributed by atoms with van der Waals surface area (Å²) in [5.41, 5.74) is 0.767. The van der Waals surface area contributed by atoms with Gasteiger partial charge in [0.1, 0.15) is 0 Å². The van der Waals surface area contributed by atoms with Gasteiger partial charge in [0.15, 0.2) is 0 Å². The Labute approximate surface area is 127 Å². The zero-order valence-electron chi connectivity index (χ0n) is 11.2. The van der Waals surface area contributed by atoms with Crippen molar-refractivity contribution < 1.29 is 4.79 Å². The molecule has 1 aliphatic rings. The molecule has 0 saturated heterocycles. The third-order valence-corrected chi connectivity index (χ3v) is 5.21. The quantitative estimate of drug-likeness (QED) is 0.908. The van der Waals surface area contributed by atoms with Gasteiger partial charge < -0.3 is 10.2 Å². The number of carbonyl (C=O) groups is 1. The number of nitrogens with one attached hydrogen (secondary N) is 1. The number of rotatable bonds is 4.